The Kier molecular flexibility index (Phi) is 4.40. The summed E-state index contributed by atoms with van der Waals surface area (Å²) in [6, 6.07) is 5.30. The molecule has 2 N–H and O–H groups in total. The van der Waals surface area contributed by atoms with Gasteiger partial charge in [0, 0.05) is 11.8 Å². The van der Waals surface area contributed by atoms with E-state index in [1.54, 1.807) is 5.32 Å². The summed E-state index contributed by atoms with van der Waals surface area (Å²) in [4.78, 5) is 23.1. The minimum absolute atomic E-state index is 0.187. The molecule has 114 valence electrons. The van der Waals surface area contributed by atoms with Crippen molar-refractivity contribution in [3.8, 4) is 0 Å². The minimum atomic E-state index is -1.37. The van der Waals surface area contributed by atoms with Crippen LogP contribution in [-0.2, 0) is 9.59 Å². The van der Waals surface area contributed by atoms with Gasteiger partial charge in [-0.1, -0.05) is 6.07 Å². The van der Waals surface area contributed by atoms with E-state index in [0.717, 1.165) is 30.3 Å². The zero-order valence-electron chi connectivity index (χ0n) is 10.8. The second-order valence-corrected chi connectivity index (χ2v) is 4.13. The maximum Gasteiger partial charge on any atom is 0.314 e. The molecule has 0 heterocycles. The fourth-order valence-corrected chi connectivity index (χ4v) is 1.55. The van der Waals surface area contributed by atoms with Crippen LogP contribution < -0.4 is 10.6 Å². The molecular weight excluding hydrogens is 304 g/mol. The van der Waals surface area contributed by atoms with Crippen molar-refractivity contribution in [3.05, 3.63) is 59.7 Å². The van der Waals surface area contributed by atoms with E-state index in [1.165, 1.54) is 0 Å². The number of nitrogens with one attached hydrogen (secondary N) is 2. The topological polar surface area (TPSA) is 58.2 Å². The summed E-state index contributed by atoms with van der Waals surface area (Å²) in [6.45, 7) is 0. The number of anilines is 2. The Morgan fingerprint density at radius 2 is 1.32 bits per heavy atom. The summed E-state index contributed by atoms with van der Waals surface area (Å²) in [5.41, 5.74) is -0.971. The summed E-state index contributed by atoms with van der Waals surface area (Å²) < 4.78 is 52.3. The number of rotatable bonds is 2. The molecule has 0 bridgehead atoms. The van der Waals surface area contributed by atoms with Gasteiger partial charge in [0.25, 0.3) is 0 Å². The molecule has 2 aromatic rings. The molecule has 2 amide bonds. The Labute approximate surface area is 121 Å². The lowest BCUT2D eigenvalue weighted by atomic mass is 10.2. The van der Waals surface area contributed by atoms with Crippen molar-refractivity contribution >= 4 is 23.2 Å². The van der Waals surface area contributed by atoms with Gasteiger partial charge in [-0.3, -0.25) is 9.59 Å². The van der Waals surface area contributed by atoms with Crippen LogP contribution in [0.25, 0.3) is 0 Å². The van der Waals surface area contributed by atoms with Gasteiger partial charge < -0.3 is 10.6 Å². The third kappa shape index (κ3) is 3.40. The molecule has 8 heteroatoms. The quantitative estimate of drug-likeness (QED) is 0.662. The smallest absolute Gasteiger partial charge is 0.314 e. The molecule has 0 saturated carbocycles. The average molecular weight is 312 g/mol. The largest absolute Gasteiger partial charge is 0.318 e. The average Bonchev–Trinajstić information content (AvgIpc) is 2.46. The summed E-state index contributed by atoms with van der Waals surface area (Å²) in [5.74, 6) is -7.14. The van der Waals surface area contributed by atoms with Crippen LogP contribution in [0.3, 0.4) is 0 Å². The molecule has 22 heavy (non-hydrogen) atoms. The fraction of sp³-hybridized carbons (Fsp3) is 0. The third-order valence-corrected chi connectivity index (χ3v) is 2.58. The maximum absolute atomic E-state index is 13.3. The summed E-state index contributed by atoms with van der Waals surface area (Å²) in [6.07, 6.45) is 0. The molecule has 0 fully saturated rings. The van der Waals surface area contributed by atoms with E-state index in [0.29, 0.717) is 6.07 Å². The van der Waals surface area contributed by atoms with Crippen molar-refractivity contribution in [2.24, 2.45) is 0 Å². The molecule has 0 aromatic heterocycles. The van der Waals surface area contributed by atoms with Crippen molar-refractivity contribution in [3.63, 3.8) is 0 Å². The first-order valence-electron chi connectivity index (χ1n) is 5.90. The molecule has 0 atom stereocenters. The number of hydrogen-bond acceptors (Lipinski definition) is 2. The van der Waals surface area contributed by atoms with Crippen LogP contribution >= 0.6 is 0 Å². The first-order valence-corrected chi connectivity index (χ1v) is 5.90. The molecule has 2 aromatic carbocycles. The maximum atomic E-state index is 13.3. The summed E-state index contributed by atoms with van der Waals surface area (Å²) in [7, 11) is 0. The van der Waals surface area contributed by atoms with Gasteiger partial charge in [0.05, 0.1) is 0 Å². The van der Waals surface area contributed by atoms with Gasteiger partial charge in [0.1, 0.15) is 17.3 Å². The van der Waals surface area contributed by atoms with Crippen molar-refractivity contribution < 1.29 is 27.2 Å². The summed E-state index contributed by atoms with van der Waals surface area (Å²) in [5, 5.41) is 3.72. The van der Waals surface area contributed by atoms with E-state index in [1.807, 2.05) is 5.32 Å². The Bertz CT molecular complexity index is 729. The molecule has 4 nitrogen and oxygen atoms in total. The van der Waals surface area contributed by atoms with Crippen molar-refractivity contribution in [1.29, 1.82) is 0 Å². The van der Waals surface area contributed by atoms with E-state index < -0.39 is 40.8 Å². The highest BCUT2D eigenvalue weighted by atomic mass is 19.2. The van der Waals surface area contributed by atoms with Crippen LogP contribution in [0.15, 0.2) is 36.4 Å². The van der Waals surface area contributed by atoms with Gasteiger partial charge in [-0.2, -0.15) is 0 Å². The highest BCUT2D eigenvalue weighted by Crippen LogP contribution is 2.18. The van der Waals surface area contributed by atoms with Gasteiger partial charge in [0.2, 0.25) is 0 Å². The van der Waals surface area contributed by atoms with E-state index in [4.69, 9.17) is 0 Å². The van der Waals surface area contributed by atoms with Crippen molar-refractivity contribution in [2.45, 2.75) is 0 Å². The first kappa shape index (κ1) is 15.5. The van der Waals surface area contributed by atoms with E-state index in [9.17, 15) is 27.2 Å². The van der Waals surface area contributed by atoms with Crippen molar-refractivity contribution in [2.75, 3.05) is 10.6 Å². The number of benzene rings is 2. The lowest BCUT2D eigenvalue weighted by Gasteiger charge is -2.08. The molecule has 0 aliphatic rings. The SMILES string of the molecule is O=C(Nc1ccc(F)c(F)c1)C(=O)Nc1c(F)cccc1F. The van der Waals surface area contributed by atoms with E-state index >= 15 is 0 Å². The van der Waals surface area contributed by atoms with Crippen LogP contribution in [0.4, 0.5) is 28.9 Å². The second-order valence-electron chi connectivity index (χ2n) is 4.13. The molecule has 0 aliphatic carbocycles. The monoisotopic (exact) mass is 312 g/mol. The van der Waals surface area contributed by atoms with Gasteiger partial charge in [-0.15, -0.1) is 0 Å². The zero-order chi connectivity index (χ0) is 16.3. The van der Waals surface area contributed by atoms with Gasteiger partial charge in [0.15, 0.2) is 11.6 Å². The highest BCUT2D eigenvalue weighted by molar-refractivity contribution is 6.43. The fourth-order valence-electron chi connectivity index (χ4n) is 1.55. The molecular formula is C14H8F4N2O2. The molecule has 2 rings (SSSR count). The van der Waals surface area contributed by atoms with Gasteiger partial charge >= 0.3 is 11.8 Å². The molecule has 0 spiro atoms. The third-order valence-electron chi connectivity index (χ3n) is 2.58. The second kappa shape index (κ2) is 6.25. The predicted octanol–water partition coefficient (Wildman–Crippen LogP) is 2.82. The van der Waals surface area contributed by atoms with Crippen LogP contribution in [0, 0.1) is 23.3 Å². The Morgan fingerprint density at radius 1 is 0.727 bits per heavy atom. The molecule has 0 unspecified atom stereocenters. The van der Waals surface area contributed by atoms with Crippen LogP contribution in [0.1, 0.15) is 0 Å². The van der Waals surface area contributed by atoms with Crippen molar-refractivity contribution in [1.82, 2.24) is 0 Å². The standard InChI is InChI=1S/C14H8F4N2O2/c15-8-5-4-7(6-11(8)18)19-13(21)14(22)20-12-9(16)2-1-3-10(12)17/h1-6H,(H,19,21)(H,20,22). The van der Waals surface area contributed by atoms with Gasteiger partial charge in [-0.25, -0.2) is 17.6 Å². The number of hydrogen-bond donors (Lipinski definition) is 2. The molecule has 0 saturated heterocycles. The van der Waals surface area contributed by atoms with Crippen LogP contribution in [-0.4, -0.2) is 11.8 Å². The normalized spacial score (nSPS) is 10.2. The van der Waals surface area contributed by atoms with Crippen LogP contribution in [0.5, 0.6) is 0 Å². The zero-order valence-corrected chi connectivity index (χ0v) is 10.8. The number of carbonyl (C=O) groups excluding carboxylic acids is 2. The highest BCUT2D eigenvalue weighted by Gasteiger charge is 2.18. The predicted molar refractivity (Wildman–Crippen MR) is 70.0 cm³/mol. The van der Waals surface area contributed by atoms with Gasteiger partial charge in [-0.05, 0) is 24.3 Å². The Hall–Kier alpha value is -2.90. The summed E-state index contributed by atoms with van der Waals surface area (Å²) >= 11 is 0. The number of para-hydroxylation sites is 1. The number of halogens is 4. The first-order chi connectivity index (χ1) is 10.4. The Balaban J connectivity index is 2.09. The molecule has 0 aliphatic heterocycles. The van der Waals surface area contributed by atoms with E-state index in [2.05, 4.69) is 0 Å². The minimum Gasteiger partial charge on any atom is -0.318 e. The van der Waals surface area contributed by atoms with Crippen LogP contribution in [0.2, 0.25) is 0 Å². The Morgan fingerprint density at radius 3 is 1.91 bits per heavy atom. The van der Waals surface area contributed by atoms with E-state index in [-0.39, 0.29) is 5.69 Å². The number of carbonyl (C=O) groups is 2. The lowest BCUT2D eigenvalue weighted by Crippen LogP contribution is -2.29. The lowest BCUT2D eigenvalue weighted by molar-refractivity contribution is -0.133. The number of amides is 2. The molecule has 0 radical (unpaired) electrons.